The Labute approximate surface area is 129 Å². The molecule has 2 amide bonds. The lowest BCUT2D eigenvalue weighted by Crippen LogP contribution is -2.54. The van der Waals surface area contributed by atoms with E-state index in [9.17, 15) is 24.3 Å². The van der Waals surface area contributed by atoms with Gasteiger partial charge < -0.3 is 9.84 Å². The van der Waals surface area contributed by atoms with Crippen LogP contribution in [-0.4, -0.2) is 45.4 Å². The molecule has 1 aliphatic rings. The van der Waals surface area contributed by atoms with Gasteiger partial charge in [0.05, 0.1) is 0 Å². The zero-order valence-corrected chi connectivity index (χ0v) is 13.3. The van der Waals surface area contributed by atoms with Gasteiger partial charge in [-0.2, -0.15) is 0 Å². The molecule has 22 heavy (non-hydrogen) atoms. The summed E-state index contributed by atoms with van der Waals surface area (Å²) in [7, 11) is 0. The molecule has 0 aromatic carbocycles. The number of hydrogen-bond acceptors (Lipinski definition) is 5. The lowest BCUT2D eigenvalue weighted by atomic mass is 10.0. The number of amides is 2. The first kappa shape index (κ1) is 18.1. The highest BCUT2D eigenvalue weighted by Crippen LogP contribution is 2.19. The summed E-state index contributed by atoms with van der Waals surface area (Å²) in [5, 5.41) is 9.30. The fourth-order valence-electron chi connectivity index (χ4n) is 2.24. The molecule has 0 bridgehead atoms. The van der Waals surface area contributed by atoms with Gasteiger partial charge in [-0.3, -0.25) is 9.59 Å². The third-order valence-corrected chi connectivity index (χ3v) is 3.22. The average Bonchev–Trinajstić information content (AvgIpc) is 2.36. The summed E-state index contributed by atoms with van der Waals surface area (Å²) in [5.74, 6) is -2.84. The number of carboxylic acids is 1. The molecule has 0 radical (unpaired) electrons. The van der Waals surface area contributed by atoms with Gasteiger partial charge in [0, 0.05) is 12.8 Å². The van der Waals surface area contributed by atoms with Crippen molar-refractivity contribution in [2.75, 3.05) is 0 Å². The van der Waals surface area contributed by atoms with Gasteiger partial charge in [0.2, 0.25) is 5.91 Å². The summed E-state index contributed by atoms with van der Waals surface area (Å²) in [6, 6.07) is -1.81. The molecule has 1 atom stereocenters. The largest absolute Gasteiger partial charge is 0.479 e. The van der Waals surface area contributed by atoms with Crippen LogP contribution in [0.5, 0.6) is 0 Å². The molecular formula is C15H23NO6. The predicted molar refractivity (Wildman–Crippen MR) is 77.2 cm³/mol. The standard InChI is InChI=1S/C15H23NO6/c1-15(2,3)22-14(21)16-11(18)9-7-5-4-6-8-10(17)12(16)13(19)20/h12H,4-9H2,1-3H3,(H,19,20)/t12-/m0/s1. The zero-order valence-electron chi connectivity index (χ0n) is 13.3. The number of ether oxygens (including phenoxy) is 1. The molecule has 7 heteroatoms. The van der Waals surface area contributed by atoms with E-state index in [-0.39, 0.29) is 12.8 Å². The van der Waals surface area contributed by atoms with Crippen molar-refractivity contribution in [3.05, 3.63) is 0 Å². The van der Waals surface area contributed by atoms with E-state index in [1.54, 1.807) is 20.8 Å². The fourth-order valence-corrected chi connectivity index (χ4v) is 2.24. The number of aliphatic carboxylic acids is 1. The van der Waals surface area contributed by atoms with Gasteiger partial charge in [-0.05, 0) is 33.6 Å². The van der Waals surface area contributed by atoms with Crippen LogP contribution in [0.15, 0.2) is 0 Å². The number of ketones is 1. The molecule has 0 aromatic heterocycles. The molecule has 0 aliphatic carbocycles. The minimum atomic E-state index is -1.81. The lowest BCUT2D eigenvalue weighted by molar-refractivity contribution is -0.154. The quantitative estimate of drug-likeness (QED) is 0.744. The number of carbonyl (C=O) groups is 4. The zero-order chi connectivity index (χ0) is 16.9. The van der Waals surface area contributed by atoms with Crippen molar-refractivity contribution in [3.63, 3.8) is 0 Å². The maximum absolute atomic E-state index is 12.2. The molecule has 1 aliphatic heterocycles. The summed E-state index contributed by atoms with van der Waals surface area (Å²) >= 11 is 0. The van der Waals surface area contributed by atoms with Gasteiger partial charge in [0.1, 0.15) is 5.60 Å². The second-order valence-corrected chi connectivity index (χ2v) is 6.37. The third kappa shape index (κ3) is 5.13. The molecule has 0 spiro atoms. The van der Waals surface area contributed by atoms with Crippen LogP contribution < -0.4 is 0 Å². The van der Waals surface area contributed by atoms with Crippen molar-refractivity contribution >= 4 is 23.8 Å². The first-order valence-corrected chi connectivity index (χ1v) is 7.44. The fraction of sp³-hybridized carbons (Fsp3) is 0.733. The van der Waals surface area contributed by atoms with Crippen molar-refractivity contribution in [2.45, 2.75) is 70.9 Å². The first-order valence-electron chi connectivity index (χ1n) is 7.44. The monoisotopic (exact) mass is 313 g/mol. The Hall–Kier alpha value is -1.92. The molecule has 0 saturated carbocycles. The molecule has 1 saturated heterocycles. The highest BCUT2D eigenvalue weighted by Gasteiger charge is 2.41. The Kier molecular flexibility index (Phi) is 6.08. The molecule has 1 N–H and O–H groups in total. The van der Waals surface area contributed by atoms with Gasteiger partial charge in [-0.25, -0.2) is 14.5 Å². The van der Waals surface area contributed by atoms with E-state index in [0.717, 1.165) is 12.8 Å². The summed E-state index contributed by atoms with van der Waals surface area (Å²) in [5.41, 5.74) is -0.890. The SMILES string of the molecule is CC(C)(C)OC(=O)N1C(=O)CCCCCCC(=O)[C@H]1C(=O)O. The van der Waals surface area contributed by atoms with E-state index in [0.29, 0.717) is 17.7 Å². The number of nitrogens with zero attached hydrogens (tertiary/aromatic N) is 1. The lowest BCUT2D eigenvalue weighted by Gasteiger charge is -2.30. The Morgan fingerprint density at radius 1 is 1.09 bits per heavy atom. The molecule has 1 heterocycles. The second kappa shape index (κ2) is 7.38. The topological polar surface area (TPSA) is 101 Å². The summed E-state index contributed by atoms with van der Waals surface area (Å²) in [6.07, 6.45) is 1.60. The van der Waals surface area contributed by atoms with Gasteiger partial charge in [-0.15, -0.1) is 0 Å². The normalized spacial score (nSPS) is 21.4. The van der Waals surface area contributed by atoms with Gasteiger partial charge in [-0.1, -0.05) is 12.8 Å². The Morgan fingerprint density at radius 2 is 1.64 bits per heavy atom. The number of Topliss-reactive ketones (excluding diaryl/α,β-unsaturated/α-hetero) is 1. The van der Waals surface area contributed by atoms with Crippen molar-refractivity contribution in [1.29, 1.82) is 0 Å². The minimum Gasteiger partial charge on any atom is -0.479 e. The van der Waals surface area contributed by atoms with Gasteiger partial charge >= 0.3 is 12.1 Å². The maximum Gasteiger partial charge on any atom is 0.418 e. The van der Waals surface area contributed by atoms with E-state index >= 15 is 0 Å². The van der Waals surface area contributed by atoms with Crippen LogP contribution >= 0.6 is 0 Å². The molecule has 124 valence electrons. The highest BCUT2D eigenvalue weighted by atomic mass is 16.6. The number of hydrogen-bond donors (Lipinski definition) is 1. The molecule has 1 rings (SSSR count). The van der Waals surface area contributed by atoms with Crippen LogP contribution in [0.2, 0.25) is 0 Å². The molecule has 7 nitrogen and oxygen atoms in total. The Morgan fingerprint density at radius 3 is 2.14 bits per heavy atom. The van der Waals surface area contributed by atoms with Gasteiger partial charge in [0.25, 0.3) is 0 Å². The van der Waals surface area contributed by atoms with Crippen LogP contribution in [0.4, 0.5) is 4.79 Å². The van der Waals surface area contributed by atoms with E-state index < -0.39 is 35.4 Å². The molecule has 0 aromatic rings. The van der Waals surface area contributed by atoms with Crippen LogP contribution in [-0.2, 0) is 19.1 Å². The second-order valence-electron chi connectivity index (χ2n) is 6.37. The number of imide groups is 1. The van der Waals surface area contributed by atoms with Gasteiger partial charge in [0.15, 0.2) is 11.8 Å². The van der Waals surface area contributed by atoms with Crippen molar-refractivity contribution in [2.24, 2.45) is 0 Å². The van der Waals surface area contributed by atoms with Crippen LogP contribution in [0, 0.1) is 0 Å². The number of carbonyl (C=O) groups excluding carboxylic acids is 3. The van der Waals surface area contributed by atoms with E-state index in [1.807, 2.05) is 0 Å². The summed E-state index contributed by atoms with van der Waals surface area (Å²) in [4.78, 5) is 48.5. The minimum absolute atomic E-state index is 0.0241. The maximum atomic E-state index is 12.2. The summed E-state index contributed by atoms with van der Waals surface area (Å²) < 4.78 is 5.10. The van der Waals surface area contributed by atoms with E-state index in [4.69, 9.17) is 4.74 Å². The average molecular weight is 313 g/mol. The predicted octanol–water partition coefficient (Wildman–Crippen LogP) is 2.13. The smallest absolute Gasteiger partial charge is 0.418 e. The highest BCUT2D eigenvalue weighted by molar-refractivity contribution is 6.09. The number of carboxylic acid groups (broad SMARTS) is 1. The Bertz CT molecular complexity index is 465. The van der Waals surface area contributed by atoms with Crippen molar-refractivity contribution in [1.82, 2.24) is 4.90 Å². The van der Waals surface area contributed by atoms with Crippen LogP contribution in [0.1, 0.15) is 59.3 Å². The summed E-state index contributed by atoms with van der Waals surface area (Å²) in [6.45, 7) is 4.82. The Balaban J connectivity index is 3.13. The molecular weight excluding hydrogens is 290 g/mol. The van der Waals surface area contributed by atoms with Crippen LogP contribution in [0.3, 0.4) is 0 Å². The number of rotatable bonds is 1. The van der Waals surface area contributed by atoms with Crippen molar-refractivity contribution in [3.8, 4) is 0 Å². The first-order chi connectivity index (χ1) is 10.1. The van der Waals surface area contributed by atoms with Crippen LogP contribution in [0.25, 0.3) is 0 Å². The van der Waals surface area contributed by atoms with Crippen molar-refractivity contribution < 1.29 is 29.0 Å². The molecule has 0 unspecified atom stereocenters. The third-order valence-electron chi connectivity index (χ3n) is 3.22. The van der Waals surface area contributed by atoms with E-state index in [1.165, 1.54) is 0 Å². The van der Waals surface area contributed by atoms with E-state index in [2.05, 4.69) is 0 Å². The molecule has 1 fully saturated rings.